The van der Waals surface area contributed by atoms with Crippen LogP contribution in [-0.2, 0) is 0 Å². The van der Waals surface area contributed by atoms with Crippen molar-refractivity contribution in [3.8, 4) is 0 Å². The Labute approximate surface area is 116 Å². The molecule has 0 aliphatic carbocycles. The van der Waals surface area contributed by atoms with Crippen LogP contribution in [0.4, 0.5) is 5.82 Å². The highest BCUT2D eigenvalue weighted by atomic mass is 32.2. The smallest absolute Gasteiger partial charge is 0.200 e. The Morgan fingerprint density at radius 3 is 3.21 bits per heavy atom. The summed E-state index contributed by atoms with van der Waals surface area (Å²) in [4.78, 5) is 2.36. The van der Waals surface area contributed by atoms with Crippen molar-refractivity contribution in [2.45, 2.75) is 31.4 Å². The van der Waals surface area contributed by atoms with Crippen LogP contribution in [0.3, 0.4) is 0 Å². The molecule has 19 heavy (non-hydrogen) atoms. The molecular weight excluding hydrogens is 260 g/mol. The molecule has 0 N–H and O–H groups in total. The second-order valence-electron chi connectivity index (χ2n) is 4.74. The Morgan fingerprint density at radius 1 is 1.37 bits per heavy atom. The van der Waals surface area contributed by atoms with E-state index in [9.17, 15) is 0 Å². The second-order valence-corrected chi connectivity index (χ2v) is 6.31. The van der Waals surface area contributed by atoms with Gasteiger partial charge in [0.2, 0.25) is 0 Å². The van der Waals surface area contributed by atoms with Crippen LogP contribution in [0.2, 0.25) is 0 Å². The average Bonchev–Trinajstić information content (AvgIpc) is 2.77. The van der Waals surface area contributed by atoms with Crippen molar-refractivity contribution in [2.24, 2.45) is 0 Å². The molecule has 2 aromatic heterocycles. The van der Waals surface area contributed by atoms with E-state index in [1.165, 1.54) is 29.6 Å². The average molecular weight is 278 g/mol. The van der Waals surface area contributed by atoms with Crippen molar-refractivity contribution in [1.29, 1.82) is 0 Å². The molecule has 1 aliphatic rings. The Kier molecular flexibility index (Phi) is 3.82. The largest absolute Gasteiger partial charge is 0.354 e. The second kappa shape index (κ2) is 5.73. The lowest BCUT2D eigenvalue weighted by Gasteiger charge is -2.24. The van der Waals surface area contributed by atoms with Crippen LogP contribution in [0, 0.1) is 0 Å². The molecule has 1 fully saturated rings. The minimum Gasteiger partial charge on any atom is -0.354 e. The van der Waals surface area contributed by atoms with Crippen LogP contribution in [0.15, 0.2) is 12.1 Å². The van der Waals surface area contributed by atoms with E-state index in [2.05, 4.69) is 44.2 Å². The molecule has 0 spiro atoms. The maximum absolute atomic E-state index is 4.49. The Bertz CT molecular complexity index is 542. The third-order valence-electron chi connectivity index (χ3n) is 3.41. The maximum Gasteiger partial charge on any atom is 0.200 e. The zero-order valence-corrected chi connectivity index (χ0v) is 11.9. The summed E-state index contributed by atoms with van der Waals surface area (Å²) in [5.41, 5.74) is 0.693. The van der Waals surface area contributed by atoms with Crippen molar-refractivity contribution in [1.82, 2.24) is 25.3 Å². The van der Waals surface area contributed by atoms with Crippen LogP contribution >= 0.6 is 11.8 Å². The Hall–Kier alpha value is -1.37. The fourth-order valence-electron chi connectivity index (χ4n) is 2.49. The maximum atomic E-state index is 4.49. The zero-order chi connectivity index (χ0) is 13.1. The molecule has 3 heterocycles. The summed E-state index contributed by atoms with van der Waals surface area (Å²) in [5.74, 6) is 2.15. The molecular formula is C12H18N6S. The van der Waals surface area contributed by atoms with Gasteiger partial charge in [-0.15, -0.1) is 14.8 Å². The highest BCUT2D eigenvalue weighted by Crippen LogP contribution is 2.24. The van der Waals surface area contributed by atoms with Crippen LogP contribution in [0.25, 0.3) is 5.65 Å². The molecule has 0 saturated carbocycles. The van der Waals surface area contributed by atoms with E-state index in [1.54, 1.807) is 0 Å². The Balaban J connectivity index is 1.82. The SMILES string of the molecule is CCS[C@H]1CCCCN(c2ccc3nnnn3n2)C1. The van der Waals surface area contributed by atoms with Crippen molar-refractivity contribution < 1.29 is 0 Å². The van der Waals surface area contributed by atoms with Gasteiger partial charge in [-0.25, -0.2) is 0 Å². The lowest BCUT2D eigenvalue weighted by atomic mass is 10.2. The first kappa shape index (κ1) is 12.7. The van der Waals surface area contributed by atoms with E-state index >= 15 is 0 Å². The fourth-order valence-corrected chi connectivity index (χ4v) is 3.58. The number of tetrazole rings is 1. The highest BCUT2D eigenvalue weighted by Gasteiger charge is 2.19. The third-order valence-corrected chi connectivity index (χ3v) is 4.60. The number of aromatic nitrogens is 5. The molecule has 0 radical (unpaired) electrons. The van der Waals surface area contributed by atoms with Gasteiger partial charge in [0.1, 0.15) is 0 Å². The molecule has 1 aliphatic heterocycles. The first-order chi connectivity index (χ1) is 9.36. The van der Waals surface area contributed by atoms with Crippen molar-refractivity contribution in [2.75, 3.05) is 23.7 Å². The fraction of sp³-hybridized carbons (Fsp3) is 0.667. The molecule has 0 bridgehead atoms. The normalized spacial score (nSPS) is 20.7. The molecule has 102 valence electrons. The molecule has 6 nitrogen and oxygen atoms in total. The quantitative estimate of drug-likeness (QED) is 0.850. The van der Waals surface area contributed by atoms with Gasteiger partial charge in [0.15, 0.2) is 11.5 Å². The molecule has 1 atom stereocenters. The van der Waals surface area contributed by atoms with E-state index in [1.807, 2.05) is 12.1 Å². The predicted octanol–water partition coefficient (Wildman–Crippen LogP) is 1.63. The highest BCUT2D eigenvalue weighted by molar-refractivity contribution is 7.99. The number of thioether (sulfide) groups is 1. The van der Waals surface area contributed by atoms with E-state index in [0.29, 0.717) is 10.9 Å². The van der Waals surface area contributed by atoms with Gasteiger partial charge in [-0.2, -0.15) is 11.8 Å². The summed E-state index contributed by atoms with van der Waals surface area (Å²) in [6, 6.07) is 3.94. The van der Waals surface area contributed by atoms with E-state index in [-0.39, 0.29) is 0 Å². The van der Waals surface area contributed by atoms with Crippen LogP contribution in [0.1, 0.15) is 26.2 Å². The van der Waals surface area contributed by atoms with Gasteiger partial charge in [-0.05, 0) is 41.2 Å². The molecule has 2 aromatic rings. The summed E-state index contributed by atoms with van der Waals surface area (Å²) in [6.45, 7) is 4.37. The summed E-state index contributed by atoms with van der Waals surface area (Å²) < 4.78 is 1.50. The summed E-state index contributed by atoms with van der Waals surface area (Å²) in [7, 11) is 0. The number of anilines is 1. The van der Waals surface area contributed by atoms with Gasteiger partial charge in [0, 0.05) is 18.3 Å². The van der Waals surface area contributed by atoms with Gasteiger partial charge in [-0.3, -0.25) is 0 Å². The number of rotatable bonds is 3. The number of hydrogen-bond acceptors (Lipinski definition) is 6. The summed E-state index contributed by atoms with van der Waals surface area (Å²) in [6.07, 6.45) is 3.85. The molecule has 1 saturated heterocycles. The minimum atomic E-state index is 0.693. The molecule has 0 unspecified atom stereocenters. The van der Waals surface area contributed by atoms with Gasteiger partial charge in [0.25, 0.3) is 0 Å². The molecule has 7 heteroatoms. The first-order valence-electron chi connectivity index (χ1n) is 6.79. The predicted molar refractivity (Wildman–Crippen MR) is 76.6 cm³/mol. The van der Waals surface area contributed by atoms with Gasteiger partial charge in [0.05, 0.1) is 0 Å². The standard InChI is InChI=1S/C12H18N6S/c1-2-19-10-5-3-4-8-17(9-10)12-7-6-11-13-15-16-18(11)14-12/h6-7,10H,2-5,8-9H2,1H3/t10-/m0/s1. The van der Waals surface area contributed by atoms with Crippen molar-refractivity contribution >= 4 is 23.2 Å². The van der Waals surface area contributed by atoms with Gasteiger partial charge >= 0.3 is 0 Å². The van der Waals surface area contributed by atoms with Gasteiger partial charge in [-0.1, -0.05) is 13.3 Å². The van der Waals surface area contributed by atoms with E-state index in [4.69, 9.17) is 0 Å². The molecule has 0 aromatic carbocycles. The number of nitrogens with zero attached hydrogens (tertiary/aromatic N) is 6. The van der Waals surface area contributed by atoms with Crippen molar-refractivity contribution in [3.63, 3.8) is 0 Å². The summed E-state index contributed by atoms with van der Waals surface area (Å²) >= 11 is 2.05. The lowest BCUT2D eigenvalue weighted by molar-refractivity contribution is 0.704. The van der Waals surface area contributed by atoms with Gasteiger partial charge < -0.3 is 4.90 Å². The zero-order valence-electron chi connectivity index (χ0n) is 11.1. The monoisotopic (exact) mass is 278 g/mol. The summed E-state index contributed by atoms with van der Waals surface area (Å²) in [5, 5.41) is 16.6. The van der Waals surface area contributed by atoms with Crippen LogP contribution in [0.5, 0.6) is 0 Å². The number of hydrogen-bond donors (Lipinski definition) is 0. The molecule has 0 amide bonds. The molecule has 3 rings (SSSR count). The Morgan fingerprint density at radius 2 is 2.32 bits per heavy atom. The van der Waals surface area contributed by atoms with Crippen molar-refractivity contribution in [3.05, 3.63) is 12.1 Å². The number of fused-ring (bicyclic) bond motifs is 1. The lowest BCUT2D eigenvalue weighted by Crippen LogP contribution is -2.30. The third kappa shape index (κ3) is 2.80. The van der Waals surface area contributed by atoms with E-state index in [0.717, 1.165) is 18.9 Å². The minimum absolute atomic E-state index is 0.693. The topological polar surface area (TPSA) is 59.2 Å². The van der Waals surface area contributed by atoms with E-state index < -0.39 is 0 Å². The van der Waals surface area contributed by atoms with Crippen LogP contribution < -0.4 is 4.90 Å². The first-order valence-corrected chi connectivity index (χ1v) is 7.83. The van der Waals surface area contributed by atoms with Crippen LogP contribution in [-0.4, -0.2) is 49.3 Å².